The lowest BCUT2D eigenvalue weighted by atomic mass is 10.2. The topological polar surface area (TPSA) is 9.23 Å². The van der Waals surface area contributed by atoms with Crippen molar-refractivity contribution in [1.82, 2.24) is 0 Å². The molecule has 0 fully saturated rings. The van der Waals surface area contributed by atoms with Crippen LogP contribution >= 0.6 is 0 Å². The molecule has 0 saturated carbocycles. The van der Waals surface area contributed by atoms with Gasteiger partial charge in [0.1, 0.15) is 0 Å². The number of benzene rings is 1. The summed E-state index contributed by atoms with van der Waals surface area (Å²) >= 11 is 0. The summed E-state index contributed by atoms with van der Waals surface area (Å²) in [5, 5.41) is 0. The van der Waals surface area contributed by atoms with Crippen LogP contribution in [0.25, 0.3) is 6.08 Å². The highest BCUT2D eigenvalue weighted by molar-refractivity contribution is 5.47. The van der Waals surface area contributed by atoms with Gasteiger partial charge in [-0.3, -0.25) is 0 Å². The molecule has 0 amide bonds. The largest absolute Gasteiger partial charge is 0.501 e. The second kappa shape index (κ2) is 7.13. The molecule has 0 aliphatic heterocycles. The van der Waals surface area contributed by atoms with Crippen molar-refractivity contribution < 1.29 is 9.22 Å². The van der Waals surface area contributed by atoms with E-state index < -0.39 is 0 Å². The Bertz CT molecular complexity index is 325. The molecule has 17 heavy (non-hydrogen) atoms. The van der Waals surface area contributed by atoms with E-state index in [0.29, 0.717) is 0 Å². The van der Waals surface area contributed by atoms with Gasteiger partial charge >= 0.3 is 0 Å². The number of nitrogens with zero attached hydrogens (tertiary/aromatic N) is 1. The van der Waals surface area contributed by atoms with Gasteiger partial charge < -0.3 is 9.22 Å². The molecule has 93 valence electrons. The number of hydrogen-bond donors (Lipinski definition) is 0. The van der Waals surface area contributed by atoms with Crippen LogP contribution in [0, 0.1) is 6.42 Å². The summed E-state index contributed by atoms with van der Waals surface area (Å²) < 4.78 is 6.41. The fourth-order valence-corrected chi connectivity index (χ4v) is 1.39. The van der Waals surface area contributed by atoms with Gasteiger partial charge in [0.2, 0.25) is 0 Å². The highest BCUT2D eigenvalue weighted by atomic mass is 16.5. The second-order valence-corrected chi connectivity index (χ2v) is 5.13. The number of rotatable bonds is 7. The first-order valence-corrected chi connectivity index (χ1v) is 6.03. The Morgan fingerprint density at radius 1 is 1.12 bits per heavy atom. The minimum Gasteiger partial charge on any atom is -0.501 e. The summed E-state index contributed by atoms with van der Waals surface area (Å²) in [6, 6.07) is 10.2. The van der Waals surface area contributed by atoms with Crippen molar-refractivity contribution in [3.8, 4) is 0 Å². The van der Waals surface area contributed by atoms with Crippen molar-refractivity contribution in [2.24, 2.45) is 0 Å². The molecule has 0 aliphatic carbocycles. The van der Waals surface area contributed by atoms with E-state index in [1.807, 2.05) is 24.3 Å². The van der Waals surface area contributed by atoms with Crippen LogP contribution in [-0.4, -0.2) is 38.8 Å². The molecule has 0 atom stereocenters. The third kappa shape index (κ3) is 7.58. The van der Waals surface area contributed by atoms with Crippen LogP contribution in [-0.2, 0) is 4.74 Å². The van der Waals surface area contributed by atoms with E-state index in [-0.39, 0.29) is 0 Å². The maximum Gasteiger partial charge on any atom is 0.0878 e. The van der Waals surface area contributed by atoms with Gasteiger partial charge in [0.05, 0.1) is 40.6 Å². The van der Waals surface area contributed by atoms with Gasteiger partial charge in [-0.1, -0.05) is 30.3 Å². The van der Waals surface area contributed by atoms with Crippen LogP contribution in [0.1, 0.15) is 12.0 Å². The smallest absolute Gasteiger partial charge is 0.0878 e. The van der Waals surface area contributed by atoms with Gasteiger partial charge in [0.15, 0.2) is 0 Å². The van der Waals surface area contributed by atoms with E-state index >= 15 is 0 Å². The van der Waals surface area contributed by atoms with Crippen LogP contribution < -0.4 is 0 Å². The Balaban J connectivity index is 2.07. The van der Waals surface area contributed by atoms with Crippen LogP contribution in [0.2, 0.25) is 0 Å². The maximum atomic E-state index is 5.43. The lowest BCUT2D eigenvalue weighted by Gasteiger charge is -2.23. The molecule has 1 rings (SSSR count). The Labute approximate surface area is 105 Å². The minimum absolute atomic E-state index is 0.753. The van der Waals surface area contributed by atoms with E-state index in [1.165, 1.54) is 5.56 Å². The molecule has 0 heterocycles. The quantitative estimate of drug-likeness (QED) is 0.400. The van der Waals surface area contributed by atoms with Crippen molar-refractivity contribution in [3.05, 3.63) is 48.6 Å². The lowest BCUT2D eigenvalue weighted by Crippen LogP contribution is -2.35. The van der Waals surface area contributed by atoms with Crippen LogP contribution in [0.3, 0.4) is 0 Å². The summed E-state index contributed by atoms with van der Waals surface area (Å²) in [5.74, 6) is 0. The van der Waals surface area contributed by atoms with Gasteiger partial charge in [0, 0.05) is 6.42 Å². The number of unbranched alkanes of at least 4 members (excludes halogenated alkanes) is 1. The molecule has 0 bridgehead atoms. The molecule has 1 aromatic rings. The summed E-state index contributed by atoms with van der Waals surface area (Å²) in [4.78, 5) is 0. The van der Waals surface area contributed by atoms with E-state index in [4.69, 9.17) is 4.74 Å². The van der Waals surface area contributed by atoms with Crippen LogP contribution in [0.15, 0.2) is 36.6 Å². The molecule has 0 saturated heterocycles. The van der Waals surface area contributed by atoms with Crippen molar-refractivity contribution in [2.75, 3.05) is 34.3 Å². The summed E-state index contributed by atoms with van der Waals surface area (Å²) in [7, 11) is 6.56. The van der Waals surface area contributed by atoms with E-state index in [9.17, 15) is 0 Å². The molecular formula is C15H23NO+. The number of quaternary nitrogens is 1. The molecule has 2 heteroatoms. The highest BCUT2D eigenvalue weighted by Crippen LogP contribution is 2.01. The fourth-order valence-electron chi connectivity index (χ4n) is 1.39. The molecule has 0 aliphatic rings. The predicted molar refractivity (Wildman–Crippen MR) is 73.2 cm³/mol. The van der Waals surface area contributed by atoms with Crippen LogP contribution in [0.4, 0.5) is 0 Å². The summed E-state index contributed by atoms with van der Waals surface area (Å²) in [6.07, 6.45) is 7.03. The lowest BCUT2D eigenvalue weighted by molar-refractivity contribution is -0.866. The average Bonchev–Trinajstić information content (AvgIpc) is 2.28. The molecule has 0 N–H and O–H groups in total. The monoisotopic (exact) mass is 233 g/mol. The third-order valence-electron chi connectivity index (χ3n) is 2.27. The minimum atomic E-state index is 0.753. The van der Waals surface area contributed by atoms with Gasteiger partial charge in [-0.15, -0.1) is 0 Å². The first-order valence-electron chi connectivity index (χ1n) is 6.03. The Kier molecular flexibility index (Phi) is 5.78. The van der Waals surface area contributed by atoms with Crippen molar-refractivity contribution in [2.45, 2.75) is 6.42 Å². The Morgan fingerprint density at radius 3 is 2.47 bits per heavy atom. The van der Waals surface area contributed by atoms with E-state index in [0.717, 1.165) is 24.1 Å². The van der Waals surface area contributed by atoms with E-state index in [2.05, 4.69) is 39.7 Å². The van der Waals surface area contributed by atoms with Crippen molar-refractivity contribution in [3.63, 3.8) is 0 Å². The Hall–Kier alpha value is -1.28. The standard InChI is InChI=1S/C15H23NO/c1-16(2,3)12-7-8-13-17-14-11-15-9-5-4-6-10-15/h4-7,9-11,14H,8,12-13H2,1-3H3/q+1. The molecule has 2 nitrogen and oxygen atoms in total. The highest BCUT2D eigenvalue weighted by Gasteiger charge is 2.05. The number of ether oxygens (including phenoxy) is 1. The molecule has 0 unspecified atom stereocenters. The molecular weight excluding hydrogens is 210 g/mol. The molecule has 1 aromatic carbocycles. The van der Waals surface area contributed by atoms with E-state index in [1.54, 1.807) is 6.26 Å². The first-order chi connectivity index (χ1) is 8.08. The van der Waals surface area contributed by atoms with Gasteiger partial charge in [-0.05, 0) is 18.1 Å². The van der Waals surface area contributed by atoms with Crippen LogP contribution in [0.5, 0.6) is 0 Å². The summed E-state index contributed by atoms with van der Waals surface area (Å²) in [5.41, 5.74) is 1.17. The Morgan fingerprint density at radius 2 is 1.82 bits per heavy atom. The van der Waals surface area contributed by atoms with Gasteiger partial charge in [-0.25, -0.2) is 0 Å². The normalized spacial score (nSPS) is 11.9. The predicted octanol–water partition coefficient (Wildman–Crippen LogP) is 2.97. The van der Waals surface area contributed by atoms with Crippen molar-refractivity contribution >= 4 is 6.08 Å². The summed E-state index contributed by atoms with van der Waals surface area (Å²) in [6.45, 7) is 1.83. The SMILES string of the molecule is C[N+](C)(C)C[CH]CCOC=Cc1ccccc1. The fraction of sp³-hybridized carbons (Fsp3) is 0.400. The molecule has 0 spiro atoms. The zero-order valence-electron chi connectivity index (χ0n) is 11.1. The number of hydrogen-bond acceptors (Lipinski definition) is 1. The maximum absolute atomic E-state index is 5.43. The zero-order valence-corrected chi connectivity index (χ0v) is 11.1. The van der Waals surface area contributed by atoms with Gasteiger partial charge in [-0.2, -0.15) is 0 Å². The average molecular weight is 233 g/mol. The second-order valence-electron chi connectivity index (χ2n) is 5.13. The van der Waals surface area contributed by atoms with Crippen molar-refractivity contribution in [1.29, 1.82) is 0 Å². The van der Waals surface area contributed by atoms with Gasteiger partial charge in [0.25, 0.3) is 0 Å². The third-order valence-corrected chi connectivity index (χ3v) is 2.27. The first kappa shape index (κ1) is 13.8. The molecule has 0 aromatic heterocycles. The molecule has 1 radical (unpaired) electrons. The zero-order chi connectivity index (χ0) is 12.6.